The largest absolute Gasteiger partial charge is 0.342 e. The van der Waals surface area contributed by atoms with Gasteiger partial charge in [-0.1, -0.05) is 19.1 Å². The fourth-order valence-electron chi connectivity index (χ4n) is 1.73. The van der Waals surface area contributed by atoms with Crippen molar-refractivity contribution >= 4 is 17.5 Å². The number of hydrogen-bond acceptors (Lipinski definition) is 3. The number of carbonyl (C=O) groups excluding carboxylic acids is 2. The van der Waals surface area contributed by atoms with Gasteiger partial charge in [0.2, 0.25) is 11.8 Å². The lowest BCUT2D eigenvalue weighted by Gasteiger charge is -2.15. The number of nitrogens with zero attached hydrogens (tertiary/aromatic N) is 1. The standard InChI is InChI=1S/C15H23N3O2/c1-4-13(16)9-15(20)17-14-7-5-6-12(8-14)10-18(3)11(2)19/h5-8,13H,4,9-10,16H2,1-3H3,(H,17,20). The second-order valence-electron chi connectivity index (χ2n) is 5.00. The van der Waals surface area contributed by atoms with Crippen LogP contribution in [0.5, 0.6) is 0 Å². The molecule has 3 N–H and O–H groups in total. The van der Waals surface area contributed by atoms with Crippen molar-refractivity contribution in [1.82, 2.24) is 4.90 Å². The fourth-order valence-corrected chi connectivity index (χ4v) is 1.73. The Bertz CT molecular complexity index is 474. The topological polar surface area (TPSA) is 75.4 Å². The molecular formula is C15H23N3O2. The quantitative estimate of drug-likeness (QED) is 0.831. The lowest BCUT2D eigenvalue weighted by Crippen LogP contribution is -2.26. The highest BCUT2D eigenvalue weighted by Gasteiger charge is 2.09. The van der Waals surface area contributed by atoms with Crippen LogP contribution >= 0.6 is 0 Å². The molecule has 5 nitrogen and oxygen atoms in total. The maximum Gasteiger partial charge on any atom is 0.225 e. The summed E-state index contributed by atoms with van der Waals surface area (Å²) in [6, 6.07) is 7.37. The molecule has 1 aromatic carbocycles. The van der Waals surface area contributed by atoms with Gasteiger partial charge in [-0.3, -0.25) is 9.59 Å². The van der Waals surface area contributed by atoms with Crippen LogP contribution in [0.15, 0.2) is 24.3 Å². The Hall–Kier alpha value is -1.88. The molecule has 1 unspecified atom stereocenters. The highest BCUT2D eigenvalue weighted by atomic mass is 16.2. The van der Waals surface area contributed by atoms with Gasteiger partial charge in [0, 0.05) is 38.7 Å². The average Bonchev–Trinajstić information content (AvgIpc) is 2.38. The molecule has 1 rings (SSSR count). The molecule has 110 valence electrons. The van der Waals surface area contributed by atoms with Crippen LogP contribution in [-0.4, -0.2) is 29.8 Å². The van der Waals surface area contributed by atoms with E-state index < -0.39 is 0 Å². The van der Waals surface area contributed by atoms with Gasteiger partial charge in [0.05, 0.1) is 0 Å². The average molecular weight is 277 g/mol. The van der Waals surface area contributed by atoms with E-state index in [-0.39, 0.29) is 17.9 Å². The maximum atomic E-state index is 11.8. The van der Waals surface area contributed by atoms with Crippen molar-refractivity contribution in [2.75, 3.05) is 12.4 Å². The lowest BCUT2D eigenvalue weighted by molar-refractivity contribution is -0.128. The molecule has 20 heavy (non-hydrogen) atoms. The zero-order valence-electron chi connectivity index (χ0n) is 12.3. The molecule has 0 saturated heterocycles. The third kappa shape index (κ3) is 5.40. The van der Waals surface area contributed by atoms with Crippen LogP contribution in [0.3, 0.4) is 0 Å². The predicted octanol–water partition coefficient (Wildman–Crippen LogP) is 1.73. The minimum atomic E-state index is -0.109. The Morgan fingerprint density at radius 1 is 1.40 bits per heavy atom. The zero-order valence-corrected chi connectivity index (χ0v) is 12.3. The number of rotatable bonds is 6. The number of amides is 2. The number of nitrogens with two attached hydrogens (primary N) is 1. The molecule has 0 saturated carbocycles. The molecule has 0 heterocycles. The van der Waals surface area contributed by atoms with Crippen LogP contribution in [0.4, 0.5) is 5.69 Å². The third-order valence-corrected chi connectivity index (χ3v) is 3.14. The fraction of sp³-hybridized carbons (Fsp3) is 0.467. The van der Waals surface area contributed by atoms with Gasteiger partial charge in [-0.05, 0) is 24.1 Å². The number of benzene rings is 1. The summed E-state index contributed by atoms with van der Waals surface area (Å²) in [5.41, 5.74) is 7.45. The summed E-state index contributed by atoms with van der Waals surface area (Å²) < 4.78 is 0. The van der Waals surface area contributed by atoms with Gasteiger partial charge >= 0.3 is 0 Å². The minimum absolute atomic E-state index is 0.00774. The van der Waals surface area contributed by atoms with Gasteiger partial charge in [0.15, 0.2) is 0 Å². The van der Waals surface area contributed by atoms with Crippen molar-refractivity contribution in [1.29, 1.82) is 0 Å². The van der Waals surface area contributed by atoms with Crippen molar-refractivity contribution < 1.29 is 9.59 Å². The van der Waals surface area contributed by atoms with Crippen LogP contribution in [0, 0.1) is 0 Å². The van der Waals surface area contributed by atoms with E-state index in [0.717, 1.165) is 17.7 Å². The summed E-state index contributed by atoms with van der Waals surface area (Å²) in [6.07, 6.45) is 1.09. The van der Waals surface area contributed by atoms with E-state index in [4.69, 9.17) is 5.73 Å². The second-order valence-corrected chi connectivity index (χ2v) is 5.00. The Balaban J connectivity index is 2.64. The summed E-state index contributed by atoms with van der Waals surface area (Å²) in [5, 5.41) is 2.83. The maximum absolute atomic E-state index is 11.8. The van der Waals surface area contributed by atoms with E-state index in [9.17, 15) is 9.59 Å². The summed E-state index contributed by atoms with van der Waals surface area (Å²) in [6.45, 7) is 4.00. The van der Waals surface area contributed by atoms with E-state index in [1.165, 1.54) is 6.92 Å². The molecule has 0 bridgehead atoms. The predicted molar refractivity (Wildman–Crippen MR) is 80.1 cm³/mol. The van der Waals surface area contributed by atoms with Gasteiger partial charge in [-0.15, -0.1) is 0 Å². The van der Waals surface area contributed by atoms with E-state index in [1.54, 1.807) is 11.9 Å². The monoisotopic (exact) mass is 277 g/mol. The van der Waals surface area contributed by atoms with Crippen LogP contribution < -0.4 is 11.1 Å². The zero-order chi connectivity index (χ0) is 15.1. The molecule has 0 aliphatic rings. The van der Waals surface area contributed by atoms with Gasteiger partial charge in [0.25, 0.3) is 0 Å². The van der Waals surface area contributed by atoms with Crippen molar-refractivity contribution in [3.8, 4) is 0 Å². The minimum Gasteiger partial charge on any atom is -0.342 e. The third-order valence-electron chi connectivity index (χ3n) is 3.14. The molecule has 5 heteroatoms. The van der Waals surface area contributed by atoms with E-state index in [1.807, 2.05) is 31.2 Å². The first-order valence-electron chi connectivity index (χ1n) is 6.78. The molecule has 0 aliphatic heterocycles. The molecule has 0 spiro atoms. The molecule has 0 aromatic heterocycles. The van der Waals surface area contributed by atoms with E-state index in [0.29, 0.717) is 13.0 Å². The molecule has 2 amide bonds. The van der Waals surface area contributed by atoms with Crippen molar-refractivity contribution in [2.24, 2.45) is 5.73 Å². The second kappa shape index (κ2) is 7.65. The normalized spacial score (nSPS) is 11.8. The molecular weight excluding hydrogens is 254 g/mol. The van der Waals surface area contributed by atoms with Crippen molar-refractivity contribution in [2.45, 2.75) is 39.3 Å². The van der Waals surface area contributed by atoms with Gasteiger partial charge < -0.3 is 16.0 Å². The summed E-state index contributed by atoms with van der Waals surface area (Å²) in [7, 11) is 1.74. The van der Waals surface area contributed by atoms with E-state index in [2.05, 4.69) is 5.32 Å². The Morgan fingerprint density at radius 2 is 2.10 bits per heavy atom. The number of carbonyl (C=O) groups is 2. The highest BCUT2D eigenvalue weighted by molar-refractivity contribution is 5.91. The Labute approximate surface area is 120 Å². The molecule has 0 aliphatic carbocycles. The van der Waals surface area contributed by atoms with Gasteiger partial charge in [-0.2, -0.15) is 0 Å². The molecule has 1 aromatic rings. The first kappa shape index (κ1) is 16.2. The lowest BCUT2D eigenvalue weighted by atomic mass is 10.1. The van der Waals surface area contributed by atoms with E-state index >= 15 is 0 Å². The molecule has 1 atom stereocenters. The molecule has 0 fully saturated rings. The van der Waals surface area contributed by atoms with Crippen LogP contribution in [0.25, 0.3) is 0 Å². The number of hydrogen-bond donors (Lipinski definition) is 2. The Kier molecular flexibility index (Phi) is 6.18. The van der Waals surface area contributed by atoms with Crippen LogP contribution in [-0.2, 0) is 16.1 Å². The molecule has 0 radical (unpaired) electrons. The first-order valence-corrected chi connectivity index (χ1v) is 6.78. The van der Waals surface area contributed by atoms with Crippen molar-refractivity contribution in [3.63, 3.8) is 0 Å². The summed E-state index contributed by atoms with van der Waals surface area (Å²) in [5.74, 6) is -0.0789. The van der Waals surface area contributed by atoms with Crippen molar-refractivity contribution in [3.05, 3.63) is 29.8 Å². The van der Waals surface area contributed by atoms with Gasteiger partial charge in [-0.25, -0.2) is 0 Å². The van der Waals surface area contributed by atoms with Crippen LogP contribution in [0.1, 0.15) is 32.3 Å². The van der Waals surface area contributed by atoms with Crippen LogP contribution in [0.2, 0.25) is 0 Å². The Morgan fingerprint density at radius 3 is 2.70 bits per heavy atom. The summed E-state index contributed by atoms with van der Waals surface area (Å²) in [4.78, 5) is 24.6. The SMILES string of the molecule is CCC(N)CC(=O)Nc1cccc(CN(C)C(C)=O)c1. The highest BCUT2D eigenvalue weighted by Crippen LogP contribution is 2.13. The smallest absolute Gasteiger partial charge is 0.225 e. The first-order chi connectivity index (χ1) is 9.42. The number of nitrogens with one attached hydrogen (secondary N) is 1. The number of anilines is 1. The summed E-state index contributed by atoms with van der Waals surface area (Å²) >= 11 is 0. The van der Waals surface area contributed by atoms with Gasteiger partial charge in [0.1, 0.15) is 0 Å².